The monoisotopic (exact) mass is 291 g/mol. The summed E-state index contributed by atoms with van der Waals surface area (Å²) in [6.07, 6.45) is 1.19. The summed E-state index contributed by atoms with van der Waals surface area (Å²) in [6, 6.07) is 7.78. The van der Waals surface area contributed by atoms with E-state index in [9.17, 15) is 9.90 Å². The minimum Gasteiger partial charge on any atom is -0.480 e. The van der Waals surface area contributed by atoms with E-state index in [1.807, 2.05) is 45.0 Å². The van der Waals surface area contributed by atoms with E-state index in [1.165, 1.54) is 0 Å². The lowest BCUT2D eigenvalue weighted by Gasteiger charge is -2.30. The second-order valence-corrected chi connectivity index (χ2v) is 5.95. The Balaban J connectivity index is 2.00. The van der Waals surface area contributed by atoms with Crippen molar-refractivity contribution in [3.63, 3.8) is 0 Å². The SMILES string of the molecule is CCC(CC)(CO)CNC(=O)C1Oc2ccccc2C1C. The second-order valence-electron chi connectivity index (χ2n) is 5.95. The molecule has 1 heterocycles. The molecule has 0 spiro atoms. The smallest absolute Gasteiger partial charge is 0.261 e. The fraction of sp³-hybridized carbons (Fsp3) is 0.588. The third kappa shape index (κ3) is 3.05. The molecule has 2 N–H and O–H groups in total. The first-order chi connectivity index (χ1) is 10.1. The van der Waals surface area contributed by atoms with Gasteiger partial charge in [-0.25, -0.2) is 0 Å². The van der Waals surface area contributed by atoms with Gasteiger partial charge in [0, 0.05) is 23.4 Å². The van der Waals surface area contributed by atoms with E-state index in [0.29, 0.717) is 6.54 Å². The summed E-state index contributed by atoms with van der Waals surface area (Å²) in [5, 5.41) is 12.5. The third-order valence-electron chi connectivity index (χ3n) is 4.85. The number of para-hydroxylation sites is 1. The van der Waals surface area contributed by atoms with Gasteiger partial charge in [-0.05, 0) is 18.9 Å². The number of fused-ring (bicyclic) bond motifs is 1. The number of hydrogen-bond donors (Lipinski definition) is 2. The van der Waals surface area contributed by atoms with E-state index in [0.717, 1.165) is 24.2 Å². The highest BCUT2D eigenvalue weighted by Gasteiger charge is 2.37. The van der Waals surface area contributed by atoms with Crippen LogP contribution in [0.1, 0.15) is 45.1 Å². The molecule has 2 unspecified atom stereocenters. The van der Waals surface area contributed by atoms with Crippen LogP contribution in [0.5, 0.6) is 5.75 Å². The Labute approximate surface area is 126 Å². The molecule has 0 aromatic heterocycles. The van der Waals surface area contributed by atoms with E-state index in [1.54, 1.807) is 0 Å². The average Bonchev–Trinajstić information content (AvgIpc) is 2.87. The van der Waals surface area contributed by atoms with Gasteiger partial charge in [-0.15, -0.1) is 0 Å². The Morgan fingerprint density at radius 2 is 2.00 bits per heavy atom. The molecule has 1 aliphatic heterocycles. The highest BCUT2D eigenvalue weighted by Crippen LogP contribution is 2.37. The van der Waals surface area contributed by atoms with Crippen LogP contribution in [0.2, 0.25) is 0 Å². The fourth-order valence-corrected chi connectivity index (χ4v) is 2.80. The second kappa shape index (κ2) is 6.48. The number of aliphatic hydroxyl groups is 1. The topological polar surface area (TPSA) is 58.6 Å². The minimum absolute atomic E-state index is 0.0491. The molecule has 2 rings (SSSR count). The summed E-state index contributed by atoms with van der Waals surface area (Å²) in [5.74, 6) is 0.746. The van der Waals surface area contributed by atoms with E-state index >= 15 is 0 Å². The predicted molar refractivity (Wildman–Crippen MR) is 82.4 cm³/mol. The van der Waals surface area contributed by atoms with Crippen LogP contribution in [0.15, 0.2) is 24.3 Å². The van der Waals surface area contributed by atoms with Crippen LogP contribution in [-0.2, 0) is 4.79 Å². The number of amides is 1. The standard InChI is InChI=1S/C17H25NO3/c1-4-17(5-2,11-19)10-18-16(20)15-12(3)13-8-6-7-9-14(13)21-15/h6-9,12,15,19H,4-5,10-11H2,1-3H3,(H,18,20). The summed E-state index contributed by atoms with van der Waals surface area (Å²) in [4.78, 5) is 12.4. The first kappa shape index (κ1) is 15.8. The maximum Gasteiger partial charge on any atom is 0.261 e. The minimum atomic E-state index is -0.479. The number of benzene rings is 1. The number of rotatable bonds is 6. The molecule has 1 amide bonds. The molecule has 116 valence electrons. The van der Waals surface area contributed by atoms with Gasteiger partial charge >= 0.3 is 0 Å². The molecule has 4 heteroatoms. The van der Waals surface area contributed by atoms with Crippen LogP contribution in [0.25, 0.3) is 0 Å². The molecule has 4 nitrogen and oxygen atoms in total. The van der Waals surface area contributed by atoms with Gasteiger partial charge in [-0.1, -0.05) is 39.0 Å². The molecule has 0 radical (unpaired) electrons. The Morgan fingerprint density at radius 3 is 2.57 bits per heavy atom. The molecule has 21 heavy (non-hydrogen) atoms. The van der Waals surface area contributed by atoms with E-state index in [4.69, 9.17) is 4.74 Å². The number of carbonyl (C=O) groups excluding carboxylic acids is 1. The van der Waals surface area contributed by atoms with Gasteiger partial charge in [-0.3, -0.25) is 4.79 Å². The van der Waals surface area contributed by atoms with Crippen molar-refractivity contribution >= 4 is 5.91 Å². The molecular formula is C17H25NO3. The largest absolute Gasteiger partial charge is 0.480 e. The number of hydrogen-bond acceptors (Lipinski definition) is 3. The summed E-state index contributed by atoms with van der Waals surface area (Å²) < 4.78 is 5.77. The van der Waals surface area contributed by atoms with Crippen molar-refractivity contribution < 1.29 is 14.6 Å². The zero-order valence-corrected chi connectivity index (χ0v) is 13.1. The van der Waals surface area contributed by atoms with Crippen LogP contribution in [0.3, 0.4) is 0 Å². The summed E-state index contributed by atoms with van der Waals surface area (Å²) >= 11 is 0. The first-order valence-corrected chi connectivity index (χ1v) is 7.71. The average molecular weight is 291 g/mol. The lowest BCUT2D eigenvalue weighted by molar-refractivity contribution is -0.128. The molecule has 2 atom stereocenters. The number of nitrogens with one attached hydrogen (secondary N) is 1. The molecule has 1 aliphatic rings. The van der Waals surface area contributed by atoms with Crippen molar-refractivity contribution in [1.82, 2.24) is 5.32 Å². The fourth-order valence-electron chi connectivity index (χ4n) is 2.80. The summed E-state index contributed by atoms with van der Waals surface area (Å²) in [7, 11) is 0. The highest BCUT2D eigenvalue weighted by atomic mass is 16.5. The molecule has 0 fully saturated rings. The van der Waals surface area contributed by atoms with E-state index in [-0.39, 0.29) is 23.8 Å². The van der Waals surface area contributed by atoms with Gasteiger partial charge < -0.3 is 15.2 Å². The highest BCUT2D eigenvalue weighted by molar-refractivity contribution is 5.83. The van der Waals surface area contributed by atoms with Crippen LogP contribution in [0.4, 0.5) is 0 Å². The zero-order valence-electron chi connectivity index (χ0n) is 13.1. The van der Waals surface area contributed by atoms with Gasteiger partial charge in [0.15, 0.2) is 6.10 Å². The van der Waals surface area contributed by atoms with Crippen molar-refractivity contribution in [2.75, 3.05) is 13.2 Å². The maximum absolute atomic E-state index is 12.4. The molecule has 1 aromatic rings. The summed E-state index contributed by atoms with van der Waals surface area (Å²) in [6.45, 7) is 6.65. The first-order valence-electron chi connectivity index (χ1n) is 7.71. The van der Waals surface area contributed by atoms with Gasteiger partial charge in [0.2, 0.25) is 0 Å². The van der Waals surface area contributed by atoms with E-state index < -0.39 is 6.10 Å². The molecule has 0 aliphatic carbocycles. The molecule has 0 saturated carbocycles. The maximum atomic E-state index is 12.4. The Morgan fingerprint density at radius 1 is 1.33 bits per heavy atom. The van der Waals surface area contributed by atoms with Gasteiger partial charge in [-0.2, -0.15) is 0 Å². The van der Waals surface area contributed by atoms with Crippen molar-refractivity contribution in [3.8, 4) is 5.75 Å². The third-order valence-corrected chi connectivity index (χ3v) is 4.85. The Kier molecular flexibility index (Phi) is 4.88. The van der Waals surface area contributed by atoms with Crippen molar-refractivity contribution in [2.24, 2.45) is 5.41 Å². The van der Waals surface area contributed by atoms with Crippen LogP contribution in [-0.4, -0.2) is 30.3 Å². The van der Waals surface area contributed by atoms with Crippen LogP contribution < -0.4 is 10.1 Å². The molecule has 0 bridgehead atoms. The Hall–Kier alpha value is -1.55. The number of aliphatic hydroxyl groups excluding tert-OH is 1. The summed E-state index contributed by atoms with van der Waals surface area (Å²) in [5.41, 5.74) is 0.849. The van der Waals surface area contributed by atoms with Gasteiger partial charge in [0.1, 0.15) is 5.75 Å². The van der Waals surface area contributed by atoms with Crippen molar-refractivity contribution in [1.29, 1.82) is 0 Å². The quantitative estimate of drug-likeness (QED) is 0.846. The lowest BCUT2D eigenvalue weighted by atomic mass is 9.83. The normalized spacial score (nSPS) is 20.8. The molecule has 1 aromatic carbocycles. The van der Waals surface area contributed by atoms with Crippen molar-refractivity contribution in [3.05, 3.63) is 29.8 Å². The lowest BCUT2D eigenvalue weighted by Crippen LogP contribution is -2.45. The van der Waals surface area contributed by atoms with Crippen LogP contribution >= 0.6 is 0 Å². The van der Waals surface area contributed by atoms with Gasteiger partial charge in [0.25, 0.3) is 5.91 Å². The molecule has 0 saturated heterocycles. The van der Waals surface area contributed by atoms with Crippen LogP contribution in [0, 0.1) is 5.41 Å². The van der Waals surface area contributed by atoms with Gasteiger partial charge in [0.05, 0.1) is 6.61 Å². The zero-order chi connectivity index (χ0) is 15.5. The predicted octanol–water partition coefficient (Wildman–Crippen LogP) is 2.47. The number of carbonyl (C=O) groups is 1. The van der Waals surface area contributed by atoms with E-state index in [2.05, 4.69) is 5.32 Å². The molecular weight excluding hydrogens is 266 g/mol. The van der Waals surface area contributed by atoms with Crippen molar-refractivity contribution in [2.45, 2.75) is 45.6 Å². The Bertz CT molecular complexity index is 488. The number of ether oxygens (including phenoxy) is 1.